The van der Waals surface area contributed by atoms with Gasteiger partial charge in [0.1, 0.15) is 0 Å². The zero-order valence-corrected chi connectivity index (χ0v) is 13.8. The zero-order valence-electron chi connectivity index (χ0n) is 13.0. The molecule has 2 N–H and O–H groups in total. The molecule has 0 saturated heterocycles. The third-order valence-electron chi connectivity index (χ3n) is 2.78. The van der Waals surface area contributed by atoms with Crippen molar-refractivity contribution in [2.75, 3.05) is 26.5 Å². The highest BCUT2D eigenvalue weighted by Crippen LogP contribution is 2.28. The van der Waals surface area contributed by atoms with Crippen LogP contribution in [0.5, 0.6) is 11.5 Å². The lowest BCUT2D eigenvalue weighted by Crippen LogP contribution is -2.29. The molecule has 0 aliphatic carbocycles. The molecule has 0 aromatic heterocycles. The fraction of sp³-hybridized carbons (Fsp3) is 0.571. The minimum Gasteiger partial charge on any atom is -0.493 e. The topological polar surface area (TPSA) is 76.7 Å². The Hall–Kier alpha value is -1.31. The van der Waals surface area contributed by atoms with E-state index in [-0.39, 0.29) is 11.9 Å². The molecule has 1 aromatic carbocycles. The Kier molecular flexibility index (Phi) is 6.94. The van der Waals surface area contributed by atoms with Crippen LogP contribution in [0.4, 0.5) is 0 Å². The van der Waals surface area contributed by atoms with Crippen LogP contribution in [0.2, 0.25) is 0 Å². The predicted octanol–water partition coefficient (Wildman–Crippen LogP) is 1.12. The highest BCUT2D eigenvalue weighted by molar-refractivity contribution is 7.89. The van der Waals surface area contributed by atoms with Gasteiger partial charge in [-0.1, -0.05) is 6.07 Å². The summed E-state index contributed by atoms with van der Waals surface area (Å²) < 4.78 is 35.8. The molecule has 6 nitrogen and oxygen atoms in total. The molecule has 0 unspecified atom stereocenters. The van der Waals surface area contributed by atoms with E-state index < -0.39 is 10.0 Å². The Morgan fingerprint density at radius 1 is 1.24 bits per heavy atom. The minimum atomic E-state index is -3.16. The van der Waals surface area contributed by atoms with E-state index in [0.717, 1.165) is 5.56 Å². The maximum absolute atomic E-state index is 11.3. The van der Waals surface area contributed by atoms with Gasteiger partial charge in [0.15, 0.2) is 11.5 Å². The number of hydrogen-bond acceptors (Lipinski definition) is 5. The van der Waals surface area contributed by atoms with Crippen LogP contribution in [0.25, 0.3) is 0 Å². The molecule has 0 aliphatic rings. The van der Waals surface area contributed by atoms with E-state index in [4.69, 9.17) is 9.47 Å². The third kappa shape index (κ3) is 6.33. The largest absolute Gasteiger partial charge is 0.493 e. The first kappa shape index (κ1) is 17.7. The summed E-state index contributed by atoms with van der Waals surface area (Å²) in [6.45, 7) is 4.86. The van der Waals surface area contributed by atoms with Crippen LogP contribution in [-0.4, -0.2) is 41.0 Å². The number of sulfonamides is 1. The number of rotatable bonds is 9. The molecule has 0 heterocycles. The summed E-state index contributed by atoms with van der Waals surface area (Å²) in [5.74, 6) is 1.43. The van der Waals surface area contributed by atoms with Crippen molar-refractivity contribution in [2.24, 2.45) is 0 Å². The van der Waals surface area contributed by atoms with Gasteiger partial charge in [0.25, 0.3) is 0 Å². The lowest BCUT2D eigenvalue weighted by Gasteiger charge is -2.14. The van der Waals surface area contributed by atoms with Gasteiger partial charge in [0, 0.05) is 13.1 Å². The van der Waals surface area contributed by atoms with Crippen molar-refractivity contribution in [3.05, 3.63) is 23.8 Å². The predicted molar refractivity (Wildman–Crippen MR) is 83.3 cm³/mol. The van der Waals surface area contributed by atoms with Crippen LogP contribution in [0.15, 0.2) is 18.2 Å². The first-order valence-electron chi connectivity index (χ1n) is 6.83. The van der Waals surface area contributed by atoms with Crippen LogP contribution in [0.3, 0.4) is 0 Å². The van der Waals surface area contributed by atoms with Gasteiger partial charge in [-0.15, -0.1) is 0 Å². The zero-order chi connectivity index (χ0) is 15.9. The normalized spacial score (nSPS) is 11.7. The van der Waals surface area contributed by atoms with Crippen molar-refractivity contribution < 1.29 is 17.9 Å². The van der Waals surface area contributed by atoms with E-state index in [1.807, 2.05) is 32.0 Å². The number of ether oxygens (including phenoxy) is 2. The molecule has 0 atom stereocenters. The molecular weight excluding hydrogens is 292 g/mol. The van der Waals surface area contributed by atoms with E-state index in [0.29, 0.717) is 24.6 Å². The summed E-state index contributed by atoms with van der Waals surface area (Å²) in [7, 11) is -0.157. The SMILES string of the molecule is CNS(=O)(=O)CCNCc1ccc(OC(C)C)c(OC)c1. The fourth-order valence-electron chi connectivity index (χ4n) is 1.71. The second-order valence-electron chi connectivity index (χ2n) is 4.85. The molecule has 1 rings (SSSR count). The molecule has 0 saturated carbocycles. The molecule has 0 spiro atoms. The summed E-state index contributed by atoms with van der Waals surface area (Å²) in [5.41, 5.74) is 1.00. The molecule has 0 aliphatic heterocycles. The first-order chi connectivity index (χ1) is 9.88. The number of nitrogens with one attached hydrogen (secondary N) is 2. The highest BCUT2D eigenvalue weighted by atomic mass is 32.2. The number of methoxy groups -OCH3 is 1. The van der Waals surface area contributed by atoms with E-state index in [2.05, 4.69) is 10.0 Å². The Morgan fingerprint density at radius 2 is 1.95 bits per heavy atom. The number of benzene rings is 1. The third-order valence-corrected chi connectivity index (χ3v) is 4.14. The van der Waals surface area contributed by atoms with Gasteiger partial charge in [0.05, 0.1) is 19.0 Å². The highest BCUT2D eigenvalue weighted by Gasteiger charge is 2.08. The summed E-state index contributed by atoms with van der Waals surface area (Å²) in [6.07, 6.45) is 0.0784. The Labute approximate surface area is 126 Å². The van der Waals surface area contributed by atoms with Crippen LogP contribution >= 0.6 is 0 Å². The monoisotopic (exact) mass is 316 g/mol. The van der Waals surface area contributed by atoms with E-state index in [9.17, 15) is 8.42 Å². The smallest absolute Gasteiger partial charge is 0.212 e. The molecule has 7 heteroatoms. The Bertz CT molecular complexity index is 544. The number of hydrogen-bond donors (Lipinski definition) is 2. The Morgan fingerprint density at radius 3 is 2.52 bits per heavy atom. The van der Waals surface area contributed by atoms with Crippen molar-refractivity contribution in [1.29, 1.82) is 0 Å². The van der Waals surface area contributed by atoms with Gasteiger partial charge >= 0.3 is 0 Å². The molecule has 120 valence electrons. The first-order valence-corrected chi connectivity index (χ1v) is 8.48. The van der Waals surface area contributed by atoms with Crippen molar-refractivity contribution in [3.8, 4) is 11.5 Å². The van der Waals surface area contributed by atoms with Crippen LogP contribution < -0.4 is 19.5 Å². The Balaban J connectivity index is 2.57. The van der Waals surface area contributed by atoms with Gasteiger partial charge in [0.2, 0.25) is 10.0 Å². The van der Waals surface area contributed by atoms with Crippen molar-refractivity contribution in [3.63, 3.8) is 0 Å². The van der Waals surface area contributed by atoms with E-state index in [1.54, 1.807) is 7.11 Å². The summed E-state index contributed by atoms with van der Waals surface area (Å²) in [4.78, 5) is 0. The maximum Gasteiger partial charge on any atom is 0.212 e. The lowest BCUT2D eigenvalue weighted by molar-refractivity contribution is 0.230. The molecule has 21 heavy (non-hydrogen) atoms. The van der Waals surface area contributed by atoms with E-state index >= 15 is 0 Å². The standard InChI is InChI=1S/C14H24N2O4S/c1-11(2)20-13-6-5-12(9-14(13)19-4)10-16-7-8-21(17,18)15-3/h5-6,9,11,15-16H,7-8,10H2,1-4H3. The second-order valence-corrected chi connectivity index (χ2v) is 6.90. The fourth-order valence-corrected chi connectivity index (χ4v) is 2.33. The van der Waals surface area contributed by atoms with Crippen molar-refractivity contribution in [1.82, 2.24) is 10.0 Å². The average Bonchev–Trinajstić information content (AvgIpc) is 2.44. The van der Waals surface area contributed by atoms with Gasteiger partial charge < -0.3 is 14.8 Å². The van der Waals surface area contributed by atoms with Crippen LogP contribution in [0, 0.1) is 0 Å². The van der Waals surface area contributed by atoms with Gasteiger partial charge in [-0.3, -0.25) is 0 Å². The summed E-state index contributed by atoms with van der Waals surface area (Å²) >= 11 is 0. The molecule has 0 radical (unpaired) electrons. The maximum atomic E-state index is 11.3. The quantitative estimate of drug-likeness (QED) is 0.668. The molecule has 0 bridgehead atoms. The van der Waals surface area contributed by atoms with Gasteiger partial charge in [-0.05, 0) is 38.6 Å². The molecule has 0 amide bonds. The van der Waals surface area contributed by atoms with Crippen molar-refractivity contribution in [2.45, 2.75) is 26.5 Å². The van der Waals surface area contributed by atoms with Crippen LogP contribution in [-0.2, 0) is 16.6 Å². The average molecular weight is 316 g/mol. The molecule has 1 aromatic rings. The summed E-state index contributed by atoms with van der Waals surface area (Å²) in [6, 6.07) is 5.68. The molecular formula is C14H24N2O4S. The molecule has 0 fully saturated rings. The van der Waals surface area contributed by atoms with E-state index in [1.165, 1.54) is 7.05 Å². The van der Waals surface area contributed by atoms with Gasteiger partial charge in [-0.2, -0.15) is 0 Å². The second kappa shape index (κ2) is 8.21. The van der Waals surface area contributed by atoms with Crippen molar-refractivity contribution >= 4 is 10.0 Å². The van der Waals surface area contributed by atoms with Gasteiger partial charge in [-0.25, -0.2) is 13.1 Å². The van der Waals surface area contributed by atoms with Crippen LogP contribution in [0.1, 0.15) is 19.4 Å². The lowest BCUT2D eigenvalue weighted by atomic mass is 10.2. The summed E-state index contributed by atoms with van der Waals surface area (Å²) in [5, 5.41) is 3.09. The minimum absolute atomic E-state index is 0.0508.